The highest BCUT2D eigenvalue weighted by atomic mass is 14.9. The summed E-state index contributed by atoms with van der Waals surface area (Å²) in [4.78, 5) is 0. The van der Waals surface area contributed by atoms with Crippen LogP contribution in [0.4, 0.5) is 22.7 Å². The Morgan fingerprint density at radius 3 is 1.80 bits per heavy atom. The van der Waals surface area contributed by atoms with Crippen LogP contribution in [0.5, 0.6) is 0 Å². The van der Waals surface area contributed by atoms with Crippen molar-refractivity contribution in [2.75, 3.05) is 10.6 Å². The van der Waals surface area contributed by atoms with E-state index in [0.717, 1.165) is 57.1 Å². The van der Waals surface area contributed by atoms with Gasteiger partial charge in [-0.15, -0.1) is 0 Å². The molecule has 3 heteroatoms. The number of nitrogens with two attached hydrogens (primary N) is 1. The Morgan fingerprint density at radius 2 is 1.07 bits per heavy atom. The summed E-state index contributed by atoms with van der Waals surface area (Å²) in [6.07, 6.45) is 9.00. The standard InChI is InChI=1S/C37H31N3/c38-31-15-9-11-27(23-24-31)28-12-10-18-33(26-28)40-37-22-7-5-20-35(37)30-14-8-13-29(25-30)34-19-4-6-21-36(34)39-32-16-2-1-3-17-32/h1-10,12-26,39-40H,11,38H2. The summed E-state index contributed by atoms with van der Waals surface area (Å²) in [6.45, 7) is 0. The molecule has 0 heterocycles. The molecule has 0 radical (unpaired) electrons. The second-order valence-corrected chi connectivity index (χ2v) is 9.83. The first-order valence-electron chi connectivity index (χ1n) is 13.5. The number of rotatable bonds is 7. The first-order valence-corrected chi connectivity index (χ1v) is 13.5. The number of hydrogen-bond acceptors (Lipinski definition) is 3. The zero-order chi connectivity index (χ0) is 27.1. The molecule has 5 aromatic rings. The Bertz CT molecular complexity index is 1730. The minimum Gasteiger partial charge on any atom is -0.399 e. The van der Waals surface area contributed by atoms with Gasteiger partial charge in [0.25, 0.3) is 0 Å². The van der Waals surface area contributed by atoms with Crippen LogP contribution < -0.4 is 16.4 Å². The summed E-state index contributed by atoms with van der Waals surface area (Å²) in [6, 6.07) is 44.5. The van der Waals surface area contributed by atoms with Gasteiger partial charge in [0.15, 0.2) is 0 Å². The lowest BCUT2D eigenvalue weighted by Gasteiger charge is -2.16. The monoisotopic (exact) mass is 517 g/mol. The van der Waals surface area contributed by atoms with Gasteiger partial charge in [0.1, 0.15) is 0 Å². The van der Waals surface area contributed by atoms with Gasteiger partial charge in [-0.05, 0) is 83.3 Å². The quantitative estimate of drug-likeness (QED) is 0.201. The van der Waals surface area contributed by atoms with Crippen LogP contribution in [0.2, 0.25) is 0 Å². The van der Waals surface area contributed by atoms with Crippen LogP contribution in [-0.4, -0.2) is 0 Å². The summed E-state index contributed by atoms with van der Waals surface area (Å²) >= 11 is 0. The molecule has 3 nitrogen and oxygen atoms in total. The maximum absolute atomic E-state index is 5.98. The van der Waals surface area contributed by atoms with Crippen molar-refractivity contribution >= 4 is 28.3 Å². The second-order valence-electron chi connectivity index (χ2n) is 9.83. The van der Waals surface area contributed by atoms with Crippen molar-refractivity contribution < 1.29 is 0 Å². The molecular weight excluding hydrogens is 486 g/mol. The van der Waals surface area contributed by atoms with Gasteiger partial charge in [0.2, 0.25) is 0 Å². The zero-order valence-electron chi connectivity index (χ0n) is 22.2. The normalized spacial score (nSPS) is 12.7. The fourth-order valence-corrected chi connectivity index (χ4v) is 5.03. The summed E-state index contributed by atoms with van der Waals surface area (Å²) in [5.41, 5.74) is 18.1. The van der Waals surface area contributed by atoms with E-state index in [9.17, 15) is 0 Å². The third-order valence-electron chi connectivity index (χ3n) is 7.03. The molecule has 1 aliphatic carbocycles. The topological polar surface area (TPSA) is 50.1 Å². The molecule has 40 heavy (non-hydrogen) atoms. The van der Waals surface area contributed by atoms with E-state index in [4.69, 9.17) is 5.73 Å². The third-order valence-corrected chi connectivity index (χ3v) is 7.03. The Hall–Kier alpha value is -5.28. The lowest BCUT2D eigenvalue weighted by atomic mass is 9.96. The van der Waals surface area contributed by atoms with Gasteiger partial charge in [-0.3, -0.25) is 0 Å². The Labute approximate surface area is 236 Å². The second kappa shape index (κ2) is 11.6. The fraction of sp³-hybridized carbons (Fsp3) is 0.0270. The van der Waals surface area contributed by atoms with Gasteiger partial charge in [0, 0.05) is 39.6 Å². The molecule has 0 spiro atoms. The van der Waals surface area contributed by atoms with Crippen LogP contribution in [0.1, 0.15) is 12.0 Å². The highest BCUT2D eigenvalue weighted by Crippen LogP contribution is 2.36. The smallest absolute Gasteiger partial charge is 0.0463 e. The zero-order valence-corrected chi connectivity index (χ0v) is 22.2. The van der Waals surface area contributed by atoms with Crippen molar-refractivity contribution in [1.29, 1.82) is 0 Å². The first-order chi connectivity index (χ1) is 19.7. The molecule has 0 bridgehead atoms. The summed E-state index contributed by atoms with van der Waals surface area (Å²) < 4.78 is 0. The van der Waals surface area contributed by atoms with Crippen LogP contribution in [0.25, 0.3) is 27.8 Å². The molecule has 0 amide bonds. The minimum atomic E-state index is 0.777. The average Bonchev–Trinajstić information content (AvgIpc) is 3.23. The molecule has 0 saturated carbocycles. The lowest BCUT2D eigenvalue weighted by molar-refractivity contribution is 1.37. The van der Waals surface area contributed by atoms with E-state index >= 15 is 0 Å². The number of anilines is 4. The molecule has 1 aliphatic rings. The molecule has 0 aliphatic heterocycles. The van der Waals surface area contributed by atoms with Gasteiger partial charge < -0.3 is 16.4 Å². The molecule has 5 aromatic carbocycles. The van der Waals surface area contributed by atoms with Gasteiger partial charge in [-0.25, -0.2) is 0 Å². The van der Waals surface area contributed by atoms with Gasteiger partial charge >= 0.3 is 0 Å². The van der Waals surface area contributed by atoms with Crippen molar-refractivity contribution in [3.05, 3.63) is 163 Å². The van der Waals surface area contributed by atoms with E-state index in [0.29, 0.717) is 0 Å². The van der Waals surface area contributed by atoms with Crippen LogP contribution >= 0.6 is 0 Å². The molecule has 0 atom stereocenters. The third kappa shape index (κ3) is 5.74. The van der Waals surface area contributed by atoms with E-state index in [1.165, 1.54) is 11.1 Å². The maximum atomic E-state index is 5.98. The number of benzene rings is 5. The molecule has 0 saturated heterocycles. The minimum absolute atomic E-state index is 0.777. The van der Waals surface area contributed by atoms with E-state index < -0.39 is 0 Å². The van der Waals surface area contributed by atoms with Crippen LogP contribution in [0.15, 0.2) is 157 Å². The van der Waals surface area contributed by atoms with Crippen molar-refractivity contribution in [1.82, 2.24) is 0 Å². The number of para-hydroxylation sites is 3. The average molecular weight is 518 g/mol. The van der Waals surface area contributed by atoms with E-state index in [1.807, 2.05) is 30.4 Å². The van der Waals surface area contributed by atoms with E-state index in [-0.39, 0.29) is 0 Å². The van der Waals surface area contributed by atoms with Crippen LogP contribution in [0.3, 0.4) is 0 Å². The molecule has 0 fully saturated rings. The predicted octanol–water partition coefficient (Wildman–Crippen LogP) is 9.69. The molecule has 0 unspecified atom stereocenters. The summed E-state index contributed by atoms with van der Waals surface area (Å²) in [5.74, 6) is 0. The Balaban J connectivity index is 1.31. The van der Waals surface area contributed by atoms with Crippen molar-refractivity contribution in [3.8, 4) is 22.3 Å². The maximum Gasteiger partial charge on any atom is 0.0463 e. The van der Waals surface area contributed by atoms with E-state index in [1.54, 1.807) is 0 Å². The summed E-state index contributed by atoms with van der Waals surface area (Å²) in [7, 11) is 0. The highest BCUT2D eigenvalue weighted by molar-refractivity contribution is 5.87. The van der Waals surface area contributed by atoms with Gasteiger partial charge in [-0.1, -0.05) is 97.1 Å². The van der Waals surface area contributed by atoms with Crippen LogP contribution in [-0.2, 0) is 0 Å². The van der Waals surface area contributed by atoms with Crippen molar-refractivity contribution in [2.24, 2.45) is 5.73 Å². The Morgan fingerprint density at radius 1 is 0.500 bits per heavy atom. The van der Waals surface area contributed by atoms with E-state index in [2.05, 4.69) is 132 Å². The Kier molecular flexibility index (Phi) is 7.27. The molecular formula is C37H31N3. The number of allylic oxidation sites excluding steroid dienone is 5. The van der Waals surface area contributed by atoms with Gasteiger partial charge in [-0.2, -0.15) is 0 Å². The van der Waals surface area contributed by atoms with Crippen molar-refractivity contribution in [3.63, 3.8) is 0 Å². The lowest BCUT2D eigenvalue weighted by Crippen LogP contribution is -1.95. The largest absolute Gasteiger partial charge is 0.399 e. The van der Waals surface area contributed by atoms with Crippen molar-refractivity contribution in [2.45, 2.75) is 6.42 Å². The fourth-order valence-electron chi connectivity index (χ4n) is 5.03. The first kappa shape index (κ1) is 25.0. The van der Waals surface area contributed by atoms with Crippen LogP contribution in [0, 0.1) is 0 Å². The molecule has 4 N–H and O–H groups in total. The number of nitrogens with one attached hydrogen (secondary N) is 2. The van der Waals surface area contributed by atoms with Gasteiger partial charge in [0.05, 0.1) is 0 Å². The molecule has 194 valence electrons. The predicted molar refractivity (Wildman–Crippen MR) is 171 cm³/mol. The number of hydrogen-bond donors (Lipinski definition) is 3. The molecule has 0 aromatic heterocycles. The SMILES string of the molecule is NC1=CC=C(c2cccc(Nc3ccccc3-c3cccc(-c4ccccc4Nc4ccccc4)c3)c2)CC=C1. The molecule has 6 rings (SSSR count). The highest BCUT2D eigenvalue weighted by Gasteiger charge is 2.10. The summed E-state index contributed by atoms with van der Waals surface area (Å²) in [5, 5.41) is 7.26.